The molecule has 0 amide bonds. The Morgan fingerprint density at radius 2 is 1.08 bits per heavy atom. The van der Waals surface area contributed by atoms with Gasteiger partial charge in [-0.15, -0.1) is 0 Å². The zero-order valence-electron chi connectivity index (χ0n) is 26.8. The van der Waals surface area contributed by atoms with Gasteiger partial charge < -0.3 is 0 Å². The Morgan fingerprint density at radius 3 is 1.96 bits per heavy atom. The summed E-state index contributed by atoms with van der Waals surface area (Å²) in [5, 5.41) is 5.80. The van der Waals surface area contributed by atoms with Crippen molar-refractivity contribution < 1.29 is 0 Å². The molecule has 3 nitrogen and oxygen atoms in total. The van der Waals surface area contributed by atoms with E-state index in [0.29, 0.717) is 5.95 Å². The van der Waals surface area contributed by atoms with E-state index in [4.69, 9.17) is 9.97 Å². The predicted octanol–water partition coefficient (Wildman–Crippen LogP) is 11.5. The third-order valence-electron chi connectivity index (χ3n) is 10.4. The highest BCUT2D eigenvalue weighted by molar-refractivity contribution is 6.21. The zero-order chi connectivity index (χ0) is 32.0. The third-order valence-corrected chi connectivity index (χ3v) is 10.4. The second kappa shape index (κ2) is 9.97. The van der Waals surface area contributed by atoms with Crippen LogP contribution in [0.1, 0.15) is 25.0 Å². The van der Waals surface area contributed by atoms with Crippen molar-refractivity contribution in [2.75, 3.05) is 0 Å². The Labute approximate surface area is 278 Å². The number of hydrogen-bond acceptors (Lipinski definition) is 2. The Hall–Kier alpha value is -6.06. The summed E-state index contributed by atoms with van der Waals surface area (Å²) in [5.41, 5.74) is 12.8. The molecule has 48 heavy (non-hydrogen) atoms. The molecule has 0 unspecified atom stereocenters. The van der Waals surface area contributed by atoms with Crippen LogP contribution in [0.3, 0.4) is 0 Å². The Balaban J connectivity index is 1.38. The number of para-hydroxylation sites is 2. The van der Waals surface area contributed by atoms with E-state index in [1.807, 2.05) is 0 Å². The van der Waals surface area contributed by atoms with Crippen LogP contribution in [0.15, 0.2) is 152 Å². The fraction of sp³-hybridized carbons (Fsp3) is 0.0667. The van der Waals surface area contributed by atoms with Crippen molar-refractivity contribution in [3.8, 4) is 39.5 Å². The highest BCUT2D eigenvalue weighted by atomic mass is 15.2. The average molecular weight is 614 g/mol. The molecule has 0 fully saturated rings. The molecular formula is C45H31N3. The van der Waals surface area contributed by atoms with Crippen molar-refractivity contribution in [1.82, 2.24) is 14.5 Å². The summed E-state index contributed by atoms with van der Waals surface area (Å²) in [4.78, 5) is 10.8. The fourth-order valence-electron chi connectivity index (χ4n) is 8.30. The lowest BCUT2D eigenvalue weighted by Gasteiger charge is -2.25. The molecular weight excluding hydrogens is 583 g/mol. The smallest absolute Gasteiger partial charge is 0.235 e. The minimum absolute atomic E-state index is 0.159. The van der Waals surface area contributed by atoms with Crippen LogP contribution in [-0.4, -0.2) is 14.5 Å². The van der Waals surface area contributed by atoms with Gasteiger partial charge in [-0.2, -0.15) is 0 Å². The van der Waals surface area contributed by atoms with Gasteiger partial charge >= 0.3 is 0 Å². The maximum atomic E-state index is 5.44. The summed E-state index contributed by atoms with van der Waals surface area (Å²) in [7, 11) is 0. The normalized spacial score (nSPS) is 13.4. The van der Waals surface area contributed by atoms with Gasteiger partial charge in [-0.3, -0.25) is 4.57 Å². The third kappa shape index (κ3) is 3.70. The molecule has 0 aliphatic heterocycles. The van der Waals surface area contributed by atoms with Crippen LogP contribution in [0.25, 0.3) is 82.9 Å². The maximum absolute atomic E-state index is 5.44. The van der Waals surface area contributed by atoms with Gasteiger partial charge in [0.05, 0.1) is 22.2 Å². The molecule has 226 valence electrons. The van der Waals surface area contributed by atoms with Gasteiger partial charge in [0, 0.05) is 38.1 Å². The van der Waals surface area contributed by atoms with Crippen LogP contribution >= 0.6 is 0 Å². The average Bonchev–Trinajstić information content (AvgIpc) is 3.61. The minimum Gasteiger partial charge on any atom is -0.277 e. The maximum Gasteiger partial charge on any atom is 0.235 e. The molecule has 0 atom stereocenters. The van der Waals surface area contributed by atoms with Crippen LogP contribution < -0.4 is 0 Å². The molecule has 9 aromatic rings. The first-order chi connectivity index (χ1) is 23.6. The van der Waals surface area contributed by atoms with Crippen molar-refractivity contribution in [3.05, 3.63) is 163 Å². The predicted molar refractivity (Wildman–Crippen MR) is 200 cm³/mol. The van der Waals surface area contributed by atoms with E-state index in [2.05, 4.69) is 170 Å². The Kier molecular flexibility index (Phi) is 5.63. The first-order valence-electron chi connectivity index (χ1n) is 16.6. The molecule has 10 rings (SSSR count). The van der Waals surface area contributed by atoms with Crippen molar-refractivity contribution in [1.29, 1.82) is 0 Å². The number of nitrogens with zero attached hydrogens (tertiary/aromatic N) is 3. The molecule has 7 aromatic carbocycles. The summed E-state index contributed by atoms with van der Waals surface area (Å²) in [6.07, 6.45) is 0. The van der Waals surface area contributed by atoms with Crippen LogP contribution in [0.5, 0.6) is 0 Å². The molecule has 2 aromatic heterocycles. The molecule has 0 N–H and O–H groups in total. The Morgan fingerprint density at radius 1 is 0.458 bits per heavy atom. The standard InChI is InChI=1S/C45H31N3/c1-45(2)38-24-10-8-18-31(38)32-20-12-21-33(40(32)45)34-22-13-23-35-36-27-26-28-14-6-7-17-30(28)42(36)48(43(34)35)44-46-39-25-11-9-19-37(39)41(47-44)29-15-4-3-5-16-29/h3-27H,1-2H3. The topological polar surface area (TPSA) is 30.7 Å². The van der Waals surface area contributed by atoms with Crippen molar-refractivity contribution >= 4 is 43.5 Å². The second-order valence-electron chi connectivity index (χ2n) is 13.4. The van der Waals surface area contributed by atoms with Gasteiger partial charge in [-0.05, 0) is 39.3 Å². The number of hydrogen-bond donors (Lipinski definition) is 0. The van der Waals surface area contributed by atoms with E-state index in [1.54, 1.807) is 0 Å². The number of aromatic nitrogens is 3. The van der Waals surface area contributed by atoms with Crippen molar-refractivity contribution in [2.45, 2.75) is 19.3 Å². The van der Waals surface area contributed by atoms with E-state index in [-0.39, 0.29) is 5.41 Å². The van der Waals surface area contributed by atoms with Gasteiger partial charge in [-0.1, -0.05) is 159 Å². The lowest BCUT2D eigenvalue weighted by atomic mass is 9.78. The first-order valence-corrected chi connectivity index (χ1v) is 16.6. The first kappa shape index (κ1) is 27.1. The van der Waals surface area contributed by atoms with Gasteiger partial charge in [0.25, 0.3) is 0 Å². The van der Waals surface area contributed by atoms with Gasteiger partial charge in [-0.25, -0.2) is 9.97 Å². The molecule has 0 saturated heterocycles. The lowest BCUT2D eigenvalue weighted by Crippen LogP contribution is -2.16. The number of rotatable bonds is 3. The molecule has 0 radical (unpaired) electrons. The zero-order valence-corrected chi connectivity index (χ0v) is 26.8. The monoisotopic (exact) mass is 613 g/mol. The summed E-state index contributed by atoms with van der Waals surface area (Å²) in [6, 6.07) is 54.5. The number of fused-ring (bicyclic) bond motifs is 9. The van der Waals surface area contributed by atoms with Crippen LogP contribution in [0.4, 0.5) is 0 Å². The van der Waals surface area contributed by atoms with Crippen LogP contribution in [0, 0.1) is 0 Å². The minimum atomic E-state index is -0.159. The number of benzene rings is 7. The molecule has 0 bridgehead atoms. The second-order valence-corrected chi connectivity index (χ2v) is 13.4. The molecule has 0 saturated carbocycles. The van der Waals surface area contributed by atoms with E-state index in [1.165, 1.54) is 54.9 Å². The van der Waals surface area contributed by atoms with E-state index >= 15 is 0 Å². The van der Waals surface area contributed by atoms with Gasteiger partial charge in [0.2, 0.25) is 5.95 Å². The van der Waals surface area contributed by atoms with Gasteiger partial charge in [0.1, 0.15) is 0 Å². The molecule has 3 heteroatoms. The van der Waals surface area contributed by atoms with Crippen LogP contribution in [-0.2, 0) is 5.41 Å². The summed E-state index contributed by atoms with van der Waals surface area (Å²) in [6.45, 7) is 4.73. The largest absolute Gasteiger partial charge is 0.277 e. The lowest BCUT2D eigenvalue weighted by molar-refractivity contribution is 0.662. The highest BCUT2D eigenvalue weighted by Crippen LogP contribution is 2.53. The van der Waals surface area contributed by atoms with Crippen LogP contribution in [0.2, 0.25) is 0 Å². The van der Waals surface area contributed by atoms with E-state index < -0.39 is 0 Å². The summed E-state index contributed by atoms with van der Waals surface area (Å²) < 4.78 is 2.34. The molecule has 1 aliphatic carbocycles. The van der Waals surface area contributed by atoms with E-state index in [9.17, 15) is 0 Å². The fourth-order valence-corrected chi connectivity index (χ4v) is 8.30. The van der Waals surface area contributed by atoms with Crippen molar-refractivity contribution in [2.24, 2.45) is 0 Å². The van der Waals surface area contributed by atoms with Gasteiger partial charge in [0.15, 0.2) is 0 Å². The Bertz CT molecular complexity index is 2750. The molecule has 1 aliphatic rings. The van der Waals surface area contributed by atoms with E-state index in [0.717, 1.165) is 33.2 Å². The highest BCUT2D eigenvalue weighted by Gasteiger charge is 2.37. The van der Waals surface area contributed by atoms with Crippen molar-refractivity contribution in [3.63, 3.8) is 0 Å². The summed E-state index contributed by atoms with van der Waals surface area (Å²) in [5.74, 6) is 0.673. The SMILES string of the molecule is CC1(C)c2ccccc2-c2cccc(-c3cccc4c5ccc6ccccc6c5n(-c5nc(-c6ccccc6)c6ccccc6n5)c34)c21. The molecule has 2 heterocycles. The quantitative estimate of drug-likeness (QED) is 0.198. The molecule has 0 spiro atoms. The summed E-state index contributed by atoms with van der Waals surface area (Å²) >= 11 is 0.